The largest absolute Gasteiger partial charge is 0.345 e. The molecule has 0 spiro atoms. The van der Waals surface area contributed by atoms with E-state index >= 15 is 0 Å². The number of halogens is 1. The summed E-state index contributed by atoms with van der Waals surface area (Å²) >= 11 is 0. The van der Waals surface area contributed by atoms with Gasteiger partial charge in [-0.2, -0.15) is 0 Å². The number of nitrogens with zero attached hydrogens (tertiary/aromatic N) is 3. The Morgan fingerprint density at radius 2 is 1.78 bits per heavy atom. The van der Waals surface area contributed by atoms with Crippen LogP contribution in [0.25, 0.3) is 16.5 Å². The Hall–Kier alpha value is -2.63. The SMILES string of the molecule is C=C(C(C)=O)c1cn2c3c(cc(F)cc13)CN(C(=O)N1CCCCC1)CC2. The number of likely N-dealkylation sites (tertiary alicyclic amines) is 1. The van der Waals surface area contributed by atoms with Gasteiger partial charge in [-0.1, -0.05) is 6.58 Å². The lowest BCUT2D eigenvalue weighted by Crippen LogP contribution is -2.45. The Balaban J connectivity index is 1.72. The molecule has 0 N–H and O–H groups in total. The molecule has 1 fully saturated rings. The Kier molecular flexibility index (Phi) is 4.50. The van der Waals surface area contributed by atoms with E-state index in [4.69, 9.17) is 0 Å². The highest BCUT2D eigenvalue weighted by atomic mass is 19.1. The number of aromatic nitrogens is 1. The average Bonchev–Trinajstić information content (AvgIpc) is 2.92. The third-order valence-electron chi connectivity index (χ3n) is 5.64. The molecule has 2 aliphatic rings. The van der Waals surface area contributed by atoms with E-state index in [0.29, 0.717) is 36.2 Å². The number of piperidine rings is 1. The molecular formula is C21H24FN3O2. The van der Waals surface area contributed by atoms with Gasteiger partial charge in [-0.25, -0.2) is 9.18 Å². The van der Waals surface area contributed by atoms with Crippen molar-refractivity contribution in [2.75, 3.05) is 19.6 Å². The van der Waals surface area contributed by atoms with E-state index in [9.17, 15) is 14.0 Å². The third kappa shape index (κ3) is 3.13. The highest BCUT2D eigenvalue weighted by Crippen LogP contribution is 2.33. The van der Waals surface area contributed by atoms with E-state index in [1.165, 1.54) is 25.5 Å². The van der Waals surface area contributed by atoms with Gasteiger partial charge in [0.2, 0.25) is 0 Å². The van der Waals surface area contributed by atoms with Crippen molar-refractivity contribution in [2.45, 2.75) is 39.3 Å². The second-order valence-corrected chi connectivity index (χ2v) is 7.48. The number of carbonyl (C=O) groups excluding carboxylic acids is 2. The predicted molar refractivity (Wildman–Crippen MR) is 103 cm³/mol. The minimum Gasteiger partial charge on any atom is -0.345 e. The van der Waals surface area contributed by atoms with Gasteiger partial charge >= 0.3 is 6.03 Å². The molecule has 6 heteroatoms. The number of urea groups is 1. The molecule has 2 aromatic rings. The van der Waals surface area contributed by atoms with Crippen molar-refractivity contribution < 1.29 is 14.0 Å². The van der Waals surface area contributed by atoms with Crippen molar-refractivity contribution >= 4 is 28.3 Å². The fourth-order valence-corrected chi connectivity index (χ4v) is 4.18. The number of benzene rings is 1. The van der Waals surface area contributed by atoms with Crippen LogP contribution in [0.2, 0.25) is 0 Å². The first-order valence-electron chi connectivity index (χ1n) is 9.51. The molecule has 0 saturated carbocycles. The smallest absolute Gasteiger partial charge is 0.320 e. The van der Waals surface area contributed by atoms with Crippen LogP contribution in [-0.2, 0) is 17.9 Å². The summed E-state index contributed by atoms with van der Waals surface area (Å²) < 4.78 is 16.4. The number of hydrogen-bond donors (Lipinski definition) is 0. The van der Waals surface area contributed by atoms with E-state index in [-0.39, 0.29) is 17.6 Å². The maximum atomic E-state index is 14.3. The van der Waals surface area contributed by atoms with E-state index in [0.717, 1.165) is 37.0 Å². The fraction of sp³-hybridized carbons (Fsp3) is 0.429. The van der Waals surface area contributed by atoms with Crippen LogP contribution in [0.5, 0.6) is 0 Å². The zero-order chi connectivity index (χ0) is 19.1. The molecule has 2 aliphatic heterocycles. The molecule has 3 heterocycles. The summed E-state index contributed by atoms with van der Waals surface area (Å²) in [6.07, 6.45) is 5.12. The van der Waals surface area contributed by atoms with Crippen LogP contribution in [0.15, 0.2) is 24.9 Å². The van der Waals surface area contributed by atoms with Crippen molar-refractivity contribution in [3.63, 3.8) is 0 Å². The van der Waals surface area contributed by atoms with Gasteiger partial charge in [-0.3, -0.25) is 4.79 Å². The molecule has 1 saturated heterocycles. The van der Waals surface area contributed by atoms with Crippen molar-refractivity contribution in [2.24, 2.45) is 0 Å². The summed E-state index contributed by atoms with van der Waals surface area (Å²) in [6.45, 7) is 8.47. The molecule has 2 amide bonds. The number of allylic oxidation sites excluding steroid dienone is 1. The van der Waals surface area contributed by atoms with Crippen molar-refractivity contribution in [3.05, 3.63) is 41.9 Å². The maximum Gasteiger partial charge on any atom is 0.320 e. The third-order valence-corrected chi connectivity index (χ3v) is 5.64. The number of ketones is 1. The molecular weight excluding hydrogens is 345 g/mol. The number of rotatable bonds is 2. The Morgan fingerprint density at radius 3 is 2.48 bits per heavy atom. The van der Waals surface area contributed by atoms with E-state index < -0.39 is 0 Å². The van der Waals surface area contributed by atoms with Crippen molar-refractivity contribution in [1.82, 2.24) is 14.4 Å². The van der Waals surface area contributed by atoms with Gasteiger partial charge in [0.15, 0.2) is 5.78 Å². The summed E-state index contributed by atoms with van der Waals surface area (Å²) in [7, 11) is 0. The first-order valence-corrected chi connectivity index (χ1v) is 9.51. The van der Waals surface area contributed by atoms with Gasteiger partial charge < -0.3 is 14.4 Å². The summed E-state index contributed by atoms with van der Waals surface area (Å²) in [5.74, 6) is -0.487. The molecule has 1 aromatic carbocycles. The molecule has 0 radical (unpaired) electrons. The van der Waals surface area contributed by atoms with Crippen LogP contribution in [-0.4, -0.2) is 45.8 Å². The summed E-state index contributed by atoms with van der Waals surface area (Å²) in [5, 5.41) is 0.692. The average molecular weight is 369 g/mol. The Morgan fingerprint density at radius 1 is 1.04 bits per heavy atom. The molecule has 0 unspecified atom stereocenters. The molecule has 27 heavy (non-hydrogen) atoms. The lowest BCUT2D eigenvalue weighted by atomic mass is 10.0. The number of carbonyl (C=O) groups is 2. The van der Waals surface area contributed by atoms with Crippen LogP contribution < -0.4 is 0 Å². The van der Waals surface area contributed by atoms with Crippen LogP contribution in [0.3, 0.4) is 0 Å². The topological polar surface area (TPSA) is 45.6 Å². The quantitative estimate of drug-likeness (QED) is 0.756. The van der Waals surface area contributed by atoms with E-state index in [1.54, 1.807) is 0 Å². The van der Waals surface area contributed by atoms with Gasteiger partial charge in [-0.15, -0.1) is 0 Å². The number of amides is 2. The normalized spacial score (nSPS) is 17.1. The van der Waals surface area contributed by atoms with Crippen LogP contribution in [0.4, 0.5) is 9.18 Å². The molecule has 0 aliphatic carbocycles. The zero-order valence-electron chi connectivity index (χ0n) is 15.6. The van der Waals surface area contributed by atoms with Gasteiger partial charge in [0.1, 0.15) is 5.82 Å². The summed E-state index contributed by atoms with van der Waals surface area (Å²) in [6, 6.07) is 2.99. The van der Waals surface area contributed by atoms with Gasteiger partial charge in [0.05, 0.1) is 5.52 Å². The van der Waals surface area contributed by atoms with Gasteiger partial charge in [0, 0.05) is 55.4 Å². The molecule has 142 valence electrons. The van der Waals surface area contributed by atoms with E-state index in [2.05, 4.69) is 6.58 Å². The van der Waals surface area contributed by atoms with Crippen LogP contribution >= 0.6 is 0 Å². The lowest BCUT2D eigenvalue weighted by molar-refractivity contribution is -0.111. The minimum absolute atomic E-state index is 0.0335. The second-order valence-electron chi connectivity index (χ2n) is 7.48. The molecule has 0 atom stereocenters. The van der Waals surface area contributed by atoms with E-state index in [1.807, 2.05) is 20.6 Å². The number of Topliss-reactive ketones (excluding diaryl/α,β-unsaturated/α-hetero) is 1. The first-order chi connectivity index (χ1) is 13.0. The Bertz CT molecular complexity index is 941. The first kappa shape index (κ1) is 17.8. The highest BCUT2D eigenvalue weighted by molar-refractivity contribution is 6.22. The molecule has 1 aromatic heterocycles. The molecule has 5 nitrogen and oxygen atoms in total. The van der Waals surface area contributed by atoms with Gasteiger partial charge in [0.25, 0.3) is 0 Å². The van der Waals surface area contributed by atoms with Crippen molar-refractivity contribution in [1.29, 1.82) is 0 Å². The predicted octanol–water partition coefficient (Wildman–Crippen LogP) is 3.80. The van der Waals surface area contributed by atoms with Crippen molar-refractivity contribution in [3.8, 4) is 0 Å². The van der Waals surface area contributed by atoms with Crippen LogP contribution in [0, 0.1) is 5.82 Å². The highest BCUT2D eigenvalue weighted by Gasteiger charge is 2.27. The maximum absolute atomic E-state index is 14.3. The number of hydrogen-bond acceptors (Lipinski definition) is 2. The van der Waals surface area contributed by atoms with Gasteiger partial charge in [-0.05, 0) is 43.9 Å². The second kappa shape index (κ2) is 6.83. The fourth-order valence-electron chi connectivity index (χ4n) is 4.18. The molecule has 0 bridgehead atoms. The standard InChI is InChI=1S/C21H24FN3O2/c1-14(15(2)26)19-13-24-8-9-25(21(27)23-6-4-3-5-7-23)12-16-10-17(22)11-18(19)20(16)24/h10-11,13H,1,3-9,12H2,2H3. The lowest BCUT2D eigenvalue weighted by Gasteiger charge is -2.32. The monoisotopic (exact) mass is 369 g/mol. The summed E-state index contributed by atoms with van der Waals surface area (Å²) in [5.41, 5.74) is 2.73. The summed E-state index contributed by atoms with van der Waals surface area (Å²) in [4.78, 5) is 28.4. The molecule has 4 rings (SSSR count). The minimum atomic E-state index is -0.361. The van der Waals surface area contributed by atoms with Crippen LogP contribution in [0.1, 0.15) is 37.3 Å². The zero-order valence-corrected chi connectivity index (χ0v) is 15.6. The Labute approximate surface area is 158 Å².